The molecule has 8 nitrogen and oxygen atoms in total. The molecule has 14 rings (SSSR count). The normalized spacial score (nSPS) is 10.7. The molecule has 0 saturated heterocycles. The molecule has 14 aromatic rings. The van der Waals surface area contributed by atoms with Crippen LogP contribution in [0.1, 0.15) is 11.1 Å². The van der Waals surface area contributed by atoms with Gasteiger partial charge in [-0.15, -0.1) is 11.4 Å². The fourth-order valence-electron chi connectivity index (χ4n) is 11.4. The Bertz CT molecular complexity index is 4460. The van der Waals surface area contributed by atoms with E-state index in [1.807, 2.05) is 170 Å². The third kappa shape index (κ3) is 18.2. The number of hydrogen-bond donors (Lipinski definition) is 0. The summed E-state index contributed by atoms with van der Waals surface area (Å²) in [6.07, 6.45) is 0. The first kappa shape index (κ1) is 73.4. The Balaban J connectivity index is 0.000000191. The van der Waals surface area contributed by atoms with E-state index in [2.05, 4.69) is 220 Å². The standard InChI is InChI=1S/2C34H28N2OP.2C7H8.2C2H6N.Zr/c2*1-36(2)32-24-22-26-14-10-12-20-30(26)34(32)33-29-19-11-9-13-25(29)21-23-31(33)35-38(37,27-15-5-3-6-16-27)28-17-7-4-8-18-28;2*1-7-5-3-2-4-6-7;2*1-3-2;/h2*3-24H,1-2H3;2*2-6H,1H3;2*1-2H3;/q2*-1;;;2*-1;+4. The quantitative estimate of drug-likeness (QED) is 0.114. The smallest absolute Gasteiger partial charge is 0.668 e. The van der Waals surface area contributed by atoms with Crippen molar-refractivity contribution < 1.29 is 35.3 Å². The largest absolute Gasteiger partial charge is 4.00 e. The van der Waals surface area contributed by atoms with Crippen molar-refractivity contribution >= 4 is 102 Å². The Kier molecular flexibility index (Phi) is 27.3. The molecule has 0 atom stereocenters. The maximum absolute atomic E-state index is 15.0. The minimum Gasteiger partial charge on any atom is -0.668 e. The van der Waals surface area contributed by atoms with Gasteiger partial charge < -0.3 is 39.7 Å². The van der Waals surface area contributed by atoms with Gasteiger partial charge in [-0.3, -0.25) is 0 Å². The topological polar surface area (TPSA) is 97.0 Å². The summed E-state index contributed by atoms with van der Waals surface area (Å²) < 4.78 is 30.0. The van der Waals surface area contributed by atoms with Crippen molar-refractivity contribution in [2.24, 2.45) is 0 Å². The second-order valence-corrected chi connectivity index (χ2v) is 28.2. The average molecular weight is 1390 g/mol. The predicted molar refractivity (Wildman–Crippen MR) is 421 cm³/mol. The van der Waals surface area contributed by atoms with E-state index in [0.29, 0.717) is 0 Å². The predicted octanol–water partition coefficient (Wildman–Crippen LogP) is 22.5. The molecule has 0 N–H and O–H groups in total. The number of fused-ring (bicyclic) bond motifs is 4. The van der Waals surface area contributed by atoms with Crippen LogP contribution < -0.4 is 31.0 Å². The molecule has 0 spiro atoms. The van der Waals surface area contributed by atoms with E-state index in [4.69, 9.17) is 10.2 Å². The summed E-state index contributed by atoms with van der Waals surface area (Å²) >= 11 is 0. The maximum Gasteiger partial charge on any atom is 4.00 e. The zero-order valence-electron chi connectivity index (χ0n) is 57.1. The van der Waals surface area contributed by atoms with Crippen molar-refractivity contribution in [1.82, 2.24) is 0 Å². The first-order valence-corrected chi connectivity index (χ1v) is 35.4. The molecule has 0 saturated carbocycles. The van der Waals surface area contributed by atoms with Crippen LogP contribution in [0.2, 0.25) is 0 Å². The second-order valence-electron chi connectivity index (χ2n) is 23.4. The van der Waals surface area contributed by atoms with Gasteiger partial charge in [0.1, 0.15) is 0 Å². The summed E-state index contributed by atoms with van der Waals surface area (Å²) in [5, 5.41) is 29.3. The Labute approximate surface area is 594 Å². The van der Waals surface area contributed by atoms with Crippen LogP contribution in [0.5, 0.6) is 0 Å². The van der Waals surface area contributed by atoms with Crippen molar-refractivity contribution in [2.75, 3.05) is 66.2 Å². The van der Waals surface area contributed by atoms with Crippen molar-refractivity contribution in [3.63, 3.8) is 0 Å². The van der Waals surface area contributed by atoms with Crippen LogP contribution in [-0.2, 0) is 35.3 Å². The third-order valence-corrected chi connectivity index (χ3v) is 20.9. The van der Waals surface area contributed by atoms with Crippen LogP contribution >= 0.6 is 14.6 Å². The van der Waals surface area contributed by atoms with Crippen molar-refractivity contribution in [3.05, 3.63) is 360 Å². The van der Waals surface area contributed by atoms with Gasteiger partial charge in [0, 0.05) is 71.9 Å². The van der Waals surface area contributed by atoms with Gasteiger partial charge in [-0.05, 0) is 80.2 Å². The fraction of sp³-hybridized carbons (Fsp3) is 0.116. The summed E-state index contributed by atoms with van der Waals surface area (Å²) in [5.74, 6) is 0. The average Bonchev–Trinajstić information content (AvgIpc) is 0.751. The summed E-state index contributed by atoms with van der Waals surface area (Å²) in [5.41, 5.74) is 10.4. The molecule has 0 heterocycles. The molecule has 0 aromatic heterocycles. The van der Waals surface area contributed by atoms with E-state index in [9.17, 15) is 0 Å². The minimum absolute atomic E-state index is 0. The molecule has 484 valence electrons. The van der Waals surface area contributed by atoms with Gasteiger partial charge in [0.2, 0.25) is 0 Å². The van der Waals surface area contributed by atoms with E-state index in [-0.39, 0.29) is 26.2 Å². The van der Waals surface area contributed by atoms with Gasteiger partial charge in [-0.25, -0.2) is 0 Å². The molecule has 14 aromatic carbocycles. The number of anilines is 2. The van der Waals surface area contributed by atoms with Crippen LogP contribution in [0.4, 0.5) is 22.7 Å². The molecule has 0 unspecified atom stereocenters. The Morgan fingerprint density at radius 2 is 0.464 bits per heavy atom. The number of benzene rings is 14. The number of rotatable bonds is 12. The first-order chi connectivity index (χ1) is 46.7. The number of nitrogens with zero attached hydrogens (tertiary/aromatic N) is 6. The molecule has 11 heteroatoms. The molecule has 0 aliphatic carbocycles. The summed E-state index contributed by atoms with van der Waals surface area (Å²) in [6.45, 7) is 4.17. The van der Waals surface area contributed by atoms with E-state index in [1.54, 1.807) is 28.2 Å². The van der Waals surface area contributed by atoms with Gasteiger partial charge in [-0.2, -0.15) is 28.2 Å². The number of aryl methyl sites for hydroxylation is 2. The molecule has 0 aliphatic rings. The van der Waals surface area contributed by atoms with Crippen LogP contribution in [0.15, 0.2) is 328 Å². The Morgan fingerprint density at radius 1 is 0.258 bits per heavy atom. The second kappa shape index (κ2) is 36.1. The molecular weight excluding hydrogens is 1300 g/mol. The summed E-state index contributed by atoms with van der Waals surface area (Å²) in [7, 11) is 8.54. The van der Waals surface area contributed by atoms with Crippen LogP contribution in [-0.4, -0.2) is 56.4 Å². The third-order valence-electron chi connectivity index (χ3n) is 15.9. The van der Waals surface area contributed by atoms with Gasteiger partial charge in [0.15, 0.2) is 0 Å². The zero-order valence-corrected chi connectivity index (χ0v) is 61.3. The summed E-state index contributed by atoms with van der Waals surface area (Å²) in [4.78, 5) is 4.28. The van der Waals surface area contributed by atoms with Gasteiger partial charge in [0.05, 0.1) is 14.6 Å². The van der Waals surface area contributed by atoms with E-state index in [0.717, 1.165) is 109 Å². The SMILES string of the molecule is CN(C)c1ccc2ccccc2c1-c1c([N-]P(=O)(c2ccccc2)c2ccccc2)ccc2ccccc12.CN(C)c1ccc2ccccc2c1-c1c([N-]P(=O)(c2ccccc2)c2ccccc2)ccc2ccccc12.C[N-]C.C[N-]C.Cc1ccccc1.Cc1ccccc1.[Zr+4]. The van der Waals surface area contributed by atoms with Crippen LogP contribution in [0.3, 0.4) is 0 Å². The van der Waals surface area contributed by atoms with Gasteiger partial charge in [-0.1, -0.05) is 327 Å². The zero-order chi connectivity index (χ0) is 67.9. The van der Waals surface area contributed by atoms with Gasteiger partial charge in [0.25, 0.3) is 0 Å². The molecule has 97 heavy (non-hydrogen) atoms. The van der Waals surface area contributed by atoms with E-state index in [1.165, 1.54) is 11.1 Å². The molecule has 0 fully saturated rings. The van der Waals surface area contributed by atoms with Crippen molar-refractivity contribution in [1.29, 1.82) is 0 Å². The molecule has 0 radical (unpaired) electrons. The molecular formula is C86H84N6O2P2Zr. The monoisotopic (exact) mass is 1380 g/mol. The van der Waals surface area contributed by atoms with E-state index < -0.39 is 14.6 Å². The first-order valence-electron chi connectivity index (χ1n) is 32.0. The number of hydrogen-bond acceptors (Lipinski definition) is 4. The maximum atomic E-state index is 15.0. The Hall–Kier alpha value is -9.42. The van der Waals surface area contributed by atoms with Crippen molar-refractivity contribution in [2.45, 2.75) is 13.8 Å². The van der Waals surface area contributed by atoms with E-state index >= 15 is 9.13 Å². The Morgan fingerprint density at radius 3 is 0.691 bits per heavy atom. The van der Waals surface area contributed by atoms with Gasteiger partial charge >= 0.3 is 26.2 Å². The van der Waals surface area contributed by atoms with Crippen molar-refractivity contribution in [3.8, 4) is 22.3 Å². The summed E-state index contributed by atoms with van der Waals surface area (Å²) in [6, 6.07) is 110. The molecule has 0 amide bonds. The molecule has 0 aliphatic heterocycles. The minimum atomic E-state index is -3.36. The molecule has 0 bridgehead atoms. The fourth-order valence-corrected chi connectivity index (χ4v) is 15.7. The van der Waals surface area contributed by atoms with Crippen LogP contribution in [0, 0.1) is 13.8 Å². The van der Waals surface area contributed by atoms with Crippen LogP contribution in [0.25, 0.3) is 86.2 Å².